The first-order valence-corrected chi connectivity index (χ1v) is 6.06. The van der Waals surface area contributed by atoms with Crippen LogP contribution in [-0.4, -0.2) is 18.2 Å². The van der Waals surface area contributed by atoms with Crippen molar-refractivity contribution < 1.29 is 27.4 Å². The van der Waals surface area contributed by atoms with E-state index in [4.69, 9.17) is 9.47 Å². The Morgan fingerprint density at radius 2 is 1.65 bits per heavy atom. The summed E-state index contributed by atoms with van der Waals surface area (Å²) in [5, 5.41) is 0. The lowest BCUT2D eigenvalue weighted by Crippen LogP contribution is -2.31. The van der Waals surface area contributed by atoms with E-state index in [-0.39, 0.29) is 5.75 Å². The predicted molar refractivity (Wildman–Crippen MR) is 67.4 cm³/mol. The van der Waals surface area contributed by atoms with E-state index in [2.05, 4.69) is 0 Å². The van der Waals surface area contributed by atoms with Crippen LogP contribution in [0.2, 0.25) is 0 Å². The van der Waals surface area contributed by atoms with Crippen LogP contribution in [0.3, 0.4) is 0 Å². The smallest absolute Gasteiger partial charge is 0.425 e. The Morgan fingerprint density at radius 3 is 2.05 bits per heavy atom. The van der Waals surface area contributed by atoms with Crippen molar-refractivity contribution in [3.05, 3.63) is 29.8 Å². The molecular formula is C14H17F3O3. The molecule has 1 atom stereocenters. The Labute approximate surface area is 115 Å². The van der Waals surface area contributed by atoms with Crippen molar-refractivity contribution in [2.24, 2.45) is 0 Å². The van der Waals surface area contributed by atoms with Crippen LogP contribution < -0.4 is 4.74 Å². The Balaban J connectivity index is 2.81. The highest BCUT2D eigenvalue weighted by molar-refractivity contribution is 5.66. The summed E-state index contributed by atoms with van der Waals surface area (Å²) in [7, 11) is 0. The van der Waals surface area contributed by atoms with Gasteiger partial charge in [-0.05, 0) is 38.5 Å². The lowest BCUT2D eigenvalue weighted by molar-refractivity contribution is -0.189. The van der Waals surface area contributed by atoms with E-state index in [0.29, 0.717) is 5.56 Å². The minimum atomic E-state index is -4.41. The molecule has 0 N–H and O–H groups in total. The molecule has 0 aromatic heterocycles. The van der Waals surface area contributed by atoms with Gasteiger partial charge in [-0.2, -0.15) is 13.2 Å². The van der Waals surface area contributed by atoms with Crippen LogP contribution in [0.15, 0.2) is 24.3 Å². The summed E-state index contributed by atoms with van der Waals surface area (Å²) in [5.41, 5.74) is -0.181. The van der Waals surface area contributed by atoms with Gasteiger partial charge in [0.25, 0.3) is 0 Å². The monoisotopic (exact) mass is 290 g/mol. The summed E-state index contributed by atoms with van der Waals surface area (Å²) < 4.78 is 47.0. The highest BCUT2D eigenvalue weighted by Crippen LogP contribution is 2.29. The summed E-state index contributed by atoms with van der Waals surface area (Å²) in [4.78, 5) is 11.0. The third kappa shape index (κ3) is 4.43. The van der Waals surface area contributed by atoms with Gasteiger partial charge in [0.15, 0.2) is 6.10 Å². The van der Waals surface area contributed by atoms with Gasteiger partial charge >= 0.3 is 12.1 Å². The minimum absolute atomic E-state index is 0.109. The van der Waals surface area contributed by atoms with E-state index >= 15 is 0 Å². The Morgan fingerprint density at radius 1 is 1.15 bits per heavy atom. The maximum absolute atomic E-state index is 12.4. The van der Waals surface area contributed by atoms with Gasteiger partial charge in [-0.15, -0.1) is 0 Å². The van der Waals surface area contributed by atoms with Gasteiger partial charge < -0.3 is 9.47 Å². The van der Waals surface area contributed by atoms with E-state index in [9.17, 15) is 18.0 Å². The summed E-state index contributed by atoms with van der Waals surface area (Å²) in [5.74, 6) is -0.321. The fourth-order valence-electron chi connectivity index (χ4n) is 1.62. The second-order valence-corrected chi connectivity index (χ2v) is 4.93. The Kier molecular flexibility index (Phi) is 4.68. The van der Waals surface area contributed by atoms with Crippen molar-refractivity contribution in [3.8, 4) is 5.75 Å². The average Bonchev–Trinajstić information content (AvgIpc) is 2.26. The van der Waals surface area contributed by atoms with Crippen LogP contribution in [0.25, 0.3) is 0 Å². The van der Waals surface area contributed by atoms with Crippen molar-refractivity contribution in [2.75, 3.05) is 0 Å². The van der Waals surface area contributed by atoms with Crippen LogP contribution in [0.4, 0.5) is 13.2 Å². The number of rotatable bonds is 4. The quantitative estimate of drug-likeness (QED) is 0.791. The number of alkyl halides is 3. The predicted octanol–water partition coefficient (Wildman–Crippen LogP) is 3.81. The number of halogens is 3. The largest absolute Gasteiger partial charge is 0.481 e. The molecule has 0 aliphatic carbocycles. The molecule has 0 saturated carbocycles. The maximum atomic E-state index is 12.4. The molecule has 0 bridgehead atoms. The van der Waals surface area contributed by atoms with E-state index in [1.165, 1.54) is 19.1 Å². The van der Waals surface area contributed by atoms with Crippen molar-refractivity contribution in [1.29, 1.82) is 0 Å². The molecule has 0 amide bonds. The van der Waals surface area contributed by atoms with E-state index in [1.807, 2.05) is 0 Å². The molecule has 1 aromatic rings. The van der Waals surface area contributed by atoms with E-state index in [1.54, 1.807) is 26.0 Å². The van der Waals surface area contributed by atoms with Crippen LogP contribution in [-0.2, 0) is 15.1 Å². The van der Waals surface area contributed by atoms with Gasteiger partial charge in [0.2, 0.25) is 0 Å². The topological polar surface area (TPSA) is 35.5 Å². The first-order valence-electron chi connectivity index (χ1n) is 6.06. The molecule has 0 heterocycles. The second kappa shape index (κ2) is 5.73. The third-order valence-corrected chi connectivity index (χ3v) is 2.72. The molecule has 112 valence electrons. The molecule has 20 heavy (non-hydrogen) atoms. The number of hydrogen-bond acceptors (Lipinski definition) is 3. The molecule has 1 rings (SSSR count). The van der Waals surface area contributed by atoms with Crippen LogP contribution in [0.1, 0.15) is 33.3 Å². The van der Waals surface area contributed by atoms with Crippen molar-refractivity contribution in [2.45, 2.75) is 45.6 Å². The number of carbonyl (C=O) groups is 1. The van der Waals surface area contributed by atoms with E-state index < -0.39 is 23.9 Å². The normalized spacial score (nSPS) is 13.8. The van der Waals surface area contributed by atoms with Gasteiger partial charge in [0.1, 0.15) is 11.4 Å². The third-order valence-electron chi connectivity index (χ3n) is 2.72. The van der Waals surface area contributed by atoms with Gasteiger partial charge in [-0.1, -0.05) is 12.1 Å². The summed E-state index contributed by atoms with van der Waals surface area (Å²) >= 11 is 0. The standard InChI is InChI=1S/C14H17F3O3/c1-9(14(15,16)17)19-12-7-5-11(6-8-12)13(3,4)20-10(2)18/h5-9H,1-4H3. The first-order chi connectivity index (χ1) is 9.02. The molecule has 1 aromatic carbocycles. The molecule has 3 nitrogen and oxygen atoms in total. The van der Waals surface area contributed by atoms with Crippen LogP contribution in [0.5, 0.6) is 5.75 Å². The number of benzene rings is 1. The fraction of sp³-hybridized carbons (Fsp3) is 0.500. The maximum Gasteiger partial charge on any atom is 0.425 e. The average molecular weight is 290 g/mol. The van der Waals surface area contributed by atoms with Gasteiger partial charge in [0, 0.05) is 6.92 Å². The molecule has 0 saturated heterocycles. The van der Waals surface area contributed by atoms with Crippen LogP contribution >= 0.6 is 0 Å². The van der Waals surface area contributed by atoms with Crippen molar-refractivity contribution in [1.82, 2.24) is 0 Å². The summed E-state index contributed by atoms with van der Waals surface area (Å²) in [6, 6.07) is 5.98. The number of esters is 1. The van der Waals surface area contributed by atoms with E-state index in [0.717, 1.165) is 6.92 Å². The zero-order valence-corrected chi connectivity index (χ0v) is 11.7. The fourth-order valence-corrected chi connectivity index (χ4v) is 1.62. The zero-order valence-electron chi connectivity index (χ0n) is 11.7. The molecule has 0 aliphatic heterocycles. The molecule has 0 radical (unpaired) electrons. The molecular weight excluding hydrogens is 273 g/mol. The lowest BCUT2D eigenvalue weighted by Gasteiger charge is -2.25. The van der Waals surface area contributed by atoms with Crippen molar-refractivity contribution >= 4 is 5.97 Å². The Bertz CT molecular complexity index is 464. The molecule has 0 fully saturated rings. The molecule has 6 heteroatoms. The zero-order chi connectivity index (χ0) is 15.6. The second-order valence-electron chi connectivity index (χ2n) is 4.93. The highest BCUT2D eigenvalue weighted by atomic mass is 19.4. The SMILES string of the molecule is CC(=O)OC(C)(C)c1ccc(OC(C)C(F)(F)F)cc1. The number of carbonyl (C=O) groups excluding carboxylic acids is 1. The van der Waals surface area contributed by atoms with Gasteiger partial charge in [0.05, 0.1) is 0 Å². The highest BCUT2D eigenvalue weighted by Gasteiger charge is 2.38. The molecule has 1 unspecified atom stereocenters. The van der Waals surface area contributed by atoms with Gasteiger partial charge in [-0.3, -0.25) is 4.79 Å². The van der Waals surface area contributed by atoms with Crippen LogP contribution in [0, 0.1) is 0 Å². The first kappa shape index (κ1) is 16.3. The number of hydrogen-bond donors (Lipinski definition) is 0. The van der Waals surface area contributed by atoms with Gasteiger partial charge in [-0.25, -0.2) is 0 Å². The number of ether oxygens (including phenoxy) is 2. The summed E-state index contributed by atoms with van der Waals surface area (Å²) in [6.07, 6.45) is -6.29. The molecule has 0 aliphatic rings. The minimum Gasteiger partial charge on any atom is -0.481 e. The van der Waals surface area contributed by atoms with Crippen molar-refractivity contribution in [3.63, 3.8) is 0 Å². The molecule has 0 spiro atoms. The Hall–Kier alpha value is -1.72. The summed E-state index contributed by atoms with van der Waals surface area (Å²) in [6.45, 7) is 5.63. The lowest BCUT2D eigenvalue weighted by atomic mass is 9.98.